The van der Waals surface area contributed by atoms with Crippen LogP contribution in [0.3, 0.4) is 0 Å². The van der Waals surface area contributed by atoms with Crippen molar-refractivity contribution >= 4 is 33.2 Å². The molecule has 6 nitrogen and oxygen atoms in total. The molecule has 0 aromatic carbocycles. The standard InChI is InChI=1S/C14H18Cl2N4O2S/c1-9(8-20-11(3)6-10(2)19-20)7-17-23(21,22)12-4-5-13(15)18-14(12)16/h4-6,9,17H,7-8H2,1-3H3/t9-/m1/s1. The van der Waals surface area contributed by atoms with Gasteiger partial charge in [-0.15, -0.1) is 0 Å². The second-order valence-electron chi connectivity index (χ2n) is 5.49. The minimum absolute atomic E-state index is 0.0572. The maximum Gasteiger partial charge on any atom is 0.243 e. The quantitative estimate of drug-likeness (QED) is 0.786. The van der Waals surface area contributed by atoms with Crippen molar-refractivity contribution in [1.82, 2.24) is 19.5 Å². The van der Waals surface area contributed by atoms with Gasteiger partial charge >= 0.3 is 0 Å². The highest BCUT2D eigenvalue weighted by Gasteiger charge is 2.20. The van der Waals surface area contributed by atoms with Gasteiger partial charge in [-0.1, -0.05) is 30.1 Å². The summed E-state index contributed by atoms with van der Waals surface area (Å²) in [5.41, 5.74) is 1.98. The predicted octanol–water partition coefficient (Wildman–Crippen LogP) is 2.82. The first kappa shape index (κ1) is 18.2. The van der Waals surface area contributed by atoms with Crippen molar-refractivity contribution in [3.8, 4) is 0 Å². The Hall–Kier alpha value is -1.15. The number of halogens is 2. The van der Waals surface area contributed by atoms with Gasteiger partial charge < -0.3 is 0 Å². The molecule has 0 radical (unpaired) electrons. The van der Waals surface area contributed by atoms with Gasteiger partial charge in [-0.2, -0.15) is 5.10 Å². The van der Waals surface area contributed by atoms with Crippen molar-refractivity contribution in [2.24, 2.45) is 5.92 Å². The molecule has 9 heteroatoms. The van der Waals surface area contributed by atoms with Crippen LogP contribution in [0.5, 0.6) is 0 Å². The monoisotopic (exact) mass is 376 g/mol. The van der Waals surface area contributed by atoms with E-state index in [9.17, 15) is 8.42 Å². The van der Waals surface area contributed by atoms with Crippen molar-refractivity contribution in [3.63, 3.8) is 0 Å². The number of hydrogen-bond donors (Lipinski definition) is 1. The minimum Gasteiger partial charge on any atom is -0.269 e. The van der Waals surface area contributed by atoms with Crippen molar-refractivity contribution in [3.05, 3.63) is 39.9 Å². The fourth-order valence-corrected chi connectivity index (χ4v) is 3.97. The molecule has 0 bridgehead atoms. The molecular weight excluding hydrogens is 359 g/mol. The number of nitrogens with zero attached hydrogens (tertiary/aromatic N) is 3. The van der Waals surface area contributed by atoms with Gasteiger partial charge in [0.2, 0.25) is 10.0 Å². The number of hydrogen-bond acceptors (Lipinski definition) is 4. The summed E-state index contributed by atoms with van der Waals surface area (Å²) in [4.78, 5) is 3.67. The van der Waals surface area contributed by atoms with Crippen LogP contribution in [0.15, 0.2) is 23.1 Å². The molecule has 23 heavy (non-hydrogen) atoms. The van der Waals surface area contributed by atoms with Crippen LogP contribution < -0.4 is 4.72 Å². The van der Waals surface area contributed by atoms with Gasteiger partial charge in [0.05, 0.1) is 5.69 Å². The molecule has 2 aromatic heterocycles. The van der Waals surface area contributed by atoms with E-state index in [2.05, 4.69) is 14.8 Å². The van der Waals surface area contributed by atoms with E-state index in [1.54, 1.807) is 0 Å². The molecule has 0 unspecified atom stereocenters. The van der Waals surface area contributed by atoms with Gasteiger partial charge in [-0.3, -0.25) is 4.68 Å². The second-order valence-corrected chi connectivity index (χ2v) is 7.97. The average molecular weight is 377 g/mol. The molecule has 1 N–H and O–H groups in total. The molecule has 0 aliphatic carbocycles. The smallest absolute Gasteiger partial charge is 0.243 e. The van der Waals surface area contributed by atoms with Gasteiger partial charge in [0.25, 0.3) is 0 Å². The summed E-state index contributed by atoms with van der Waals surface area (Å²) >= 11 is 11.5. The van der Waals surface area contributed by atoms with Gasteiger partial charge in [0.1, 0.15) is 10.0 Å². The minimum atomic E-state index is -3.73. The molecule has 0 fully saturated rings. The number of aryl methyl sites for hydroxylation is 2. The van der Waals surface area contributed by atoms with Crippen molar-refractivity contribution in [2.75, 3.05) is 6.54 Å². The lowest BCUT2D eigenvalue weighted by atomic mass is 10.2. The van der Waals surface area contributed by atoms with Gasteiger partial charge in [-0.25, -0.2) is 18.1 Å². The highest BCUT2D eigenvalue weighted by Crippen LogP contribution is 2.21. The van der Waals surface area contributed by atoms with E-state index in [4.69, 9.17) is 23.2 Å². The molecule has 126 valence electrons. The first-order valence-electron chi connectivity index (χ1n) is 7.02. The molecule has 2 aromatic rings. The largest absolute Gasteiger partial charge is 0.269 e. The summed E-state index contributed by atoms with van der Waals surface area (Å²) in [5.74, 6) is 0.0572. The summed E-state index contributed by atoms with van der Waals surface area (Å²) in [5, 5.41) is 4.37. The Labute approximate surface area is 145 Å². The molecular formula is C14H18Cl2N4O2S. The normalized spacial score (nSPS) is 13.3. The molecule has 2 rings (SSSR count). The Morgan fingerprint density at radius 3 is 2.57 bits per heavy atom. The fourth-order valence-electron chi connectivity index (χ4n) is 2.15. The van der Waals surface area contributed by atoms with Gasteiger partial charge in [0.15, 0.2) is 5.15 Å². The Morgan fingerprint density at radius 2 is 2.00 bits per heavy atom. The van der Waals surface area contributed by atoms with Crippen LogP contribution in [0, 0.1) is 19.8 Å². The highest BCUT2D eigenvalue weighted by molar-refractivity contribution is 7.89. The van der Waals surface area contributed by atoms with Crippen LogP contribution in [-0.2, 0) is 16.6 Å². The third-order valence-electron chi connectivity index (χ3n) is 3.28. The lowest BCUT2D eigenvalue weighted by Crippen LogP contribution is -2.30. The number of nitrogens with one attached hydrogen (secondary N) is 1. The number of aromatic nitrogens is 3. The van der Waals surface area contributed by atoms with Crippen LogP contribution >= 0.6 is 23.2 Å². The van der Waals surface area contributed by atoms with E-state index in [1.807, 2.05) is 31.5 Å². The number of sulfonamides is 1. The summed E-state index contributed by atoms with van der Waals surface area (Å²) in [6.07, 6.45) is 0. The van der Waals surface area contributed by atoms with E-state index in [-0.39, 0.29) is 27.7 Å². The maximum atomic E-state index is 12.3. The van der Waals surface area contributed by atoms with E-state index in [1.165, 1.54) is 12.1 Å². The average Bonchev–Trinajstić information content (AvgIpc) is 2.74. The molecule has 0 spiro atoms. The zero-order valence-electron chi connectivity index (χ0n) is 13.0. The van der Waals surface area contributed by atoms with Crippen molar-refractivity contribution < 1.29 is 8.42 Å². The van der Waals surface area contributed by atoms with Crippen LogP contribution in [-0.4, -0.2) is 29.7 Å². The van der Waals surface area contributed by atoms with E-state index in [0.29, 0.717) is 6.54 Å². The van der Waals surface area contributed by atoms with Crippen molar-refractivity contribution in [2.45, 2.75) is 32.2 Å². The number of rotatable bonds is 6. The predicted molar refractivity (Wildman–Crippen MR) is 90.3 cm³/mol. The molecule has 0 aliphatic rings. The zero-order chi connectivity index (χ0) is 17.2. The Balaban J connectivity index is 2.02. The van der Waals surface area contributed by atoms with E-state index < -0.39 is 10.0 Å². The first-order valence-corrected chi connectivity index (χ1v) is 9.25. The third-order valence-corrected chi connectivity index (χ3v) is 5.35. The van der Waals surface area contributed by atoms with Crippen LogP contribution in [0.1, 0.15) is 18.3 Å². The fraction of sp³-hybridized carbons (Fsp3) is 0.429. The van der Waals surface area contributed by atoms with E-state index in [0.717, 1.165) is 11.4 Å². The zero-order valence-corrected chi connectivity index (χ0v) is 15.4. The molecule has 0 saturated carbocycles. The molecule has 0 saturated heterocycles. The van der Waals surface area contributed by atoms with Gasteiger partial charge in [0, 0.05) is 18.8 Å². The Morgan fingerprint density at radius 1 is 1.30 bits per heavy atom. The Bertz CT molecular complexity index is 805. The maximum absolute atomic E-state index is 12.3. The number of pyridine rings is 1. The lowest BCUT2D eigenvalue weighted by Gasteiger charge is -2.14. The van der Waals surface area contributed by atoms with E-state index >= 15 is 0 Å². The van der Waals surface area contributed by atoms with Crippen LogP contribution in [0.4, 0.5) is 0 Å². The Kier molecular flexibility index (Phi) is 5.67. The molecule has 2 heterocycles. The lowest BCUT2D eigenvalue weighted by molar-refractivity contribution is 0.436. The molecule has 1 atom stereocenters. The summed E-state index contributed by atoms with van der Waals surface area (Å²) in [6.45, 7) is 6.72. The summed E-state index contributed by atoms with van der Waals surface area (Å²) in [7, 11) is -3.73. The summed E-state index contributed by atoms with van der Waals surface area (Å²) in [6, 6.07) is 4.71. The summed E-state index contributed by atoms with van der Waals surface area (Å²) < 4.78 is 29.0. The first-order chi connectivity index (χ1) is 10.7. The second kappa shape index (κ2) is 7.17. The SMILES string of the molecule is Cc1cc(C)n(C[C@H](C)CNS(=O)(=O)c2ccc(Cl)nc2Cl)n1. The van der Waals surface area contributed by atoms with Gasteiger partial charge in [-0.05, 0) is 38.0 Å². The highest BCUT2D eigenvalue weighted by atomic mass is 35.5. The third kappa shape index (κ3) is 4.67. The van der Waals surface area contributed by atoms with Crippen LogP contribution in [0.25, 0.3) is 0 Å². The van der Waals surface area contributed by atoms with Crippen LogP contribution in [0.2, 0.25) is 10.3 Å². The molecule has 0 aliphatic heterocycles. The molecule has 0 amide bonds. The van der Waals surface area contributed by atoms with Crippen molar-refractivity contribution in [1.29, 1.82) is 0 Å². The topological polar surface area (TPSA) is 76.9 Å².